The van der Waals surface area contributed by atoms with Crippen molar-refractivity contribution in [3.8, 4) is 0 Å². The summed E-state index contributed by atoms with van der Waals surface area (Å²) in [6.07, 6.45) is 2.73. The molecule has 2 rings (SSSR count). The zero-order chi connectivity index (χ0) is 12.8. The molecule has 2 nitrogen and oxygen atoms in total. The summed E-state index contributed by atoms with van der Waals surface area (Å²) in [7, 11) is 0. The van der Waals surface area contributed by atoms with Crippen molar-refractivity contribution in [1.82, 2.24) is 10.2 Å². The summed E-state index contributed by atoms with van der Waals surface area (Å²) in [5.41, 5.74) is 1.43. The quantitative estimate of drug-likeness (QED) is 0.860. The van der Waals surface area contributed by atoms with Crippen LogP contribution in [0, 0.1) is 0 Å². The number of halogens is 2. The first kappa shape index (κ1) is 19.7. The summed E-state index contributed by atoms with van der Waals surface area (Å²) in [5.74, 6) is 0.600. The summed E-state index contributed by atoms with van der Waals surface area (Å²) in [6, 6.07) is 11.5. The van der Waals surface area contributed by atoms with E-state index in [1.54, 1.807) is 0 Å². The van der Waals surface area contributed by atoms with Crippen LogP contribution in [-0.4, -0.2) is 37.1 Å². The van der Waals surface area contributed by atoms with Gasteiger partial charge in [-0.3, -0.25) is 4.90 Å². The summed E-state index contributed by atoms with van der Waals surface area (Å²) in [5, 5.41) is 3.65. The third-order valence-corrected chi connectivity index (χ3v) is 4.10. The number of nitrogens with zero attached hydrogens (tertiary/aromatic N) is 1. The smallest absolute Gasteiger partial charge is 0.0221 e. The lowest BCUT2D eigenvalue weighted by atomic mass is 10.0. The van der Waals surface area contributed by atoms with Gasteiger partial charge in [-0.15, -0.1) is 24.8 Å². The normalized spacial score (nSPS) is 20.0. The molecule has 116 valence electrons. The highest BCUT2D eigenvalue weighted by atomic mass is 35.5. The number of benzene rings is 1. The first-order chi connectivity index (χ1) is 8.81. The first-order valence-corrected chi connectivity index (χ1v) is 7.31. The Morgan fingerprint density at radius 2 is 1.95 bits per heavy atom. The highest BCUT2D eigenvalue weighted by molar-refractivity contribution is 5.85. The number of likely N-dealkylation sites (tertiary alicyclic amines) is 1. The Balaban J connectivity index is 0.00000180. The molecule has 1 saturated heterocycles. The van der Waals surface area contributed by atoms with Gasteiger partial charge in [0.2, 0.25) is 0 Å². The maximum Gasteiger partial charge on any atom is 0.0221 e. The molecule has 1 aromatic rings. The van der Waals surface area contributed by atoms with Crippen molar-refractivity contribution in [2.75, 3.05) is 26.2 Å². The molecule has 2 atom stereocenters. The maximum atomic E-state index is 3.65. The van der Waals surface area contributed by atoms with Gasteiger partial charge in [-0.2, -0.15) is 0 Å². The largest absolute Gasteiger partial charge is 0.315 e. The van der Waals surface area contributed by atoms with Gasteiger partial charge in [0.15, 0.2) is 0 Å². The molecular formula is C16H28Cl2N2. The second kappa shape index (κ2) is 10.4. The molecule has 0 spiro atoms. The van der Waals surface area contributed by atoms with E-state index in [0.717, 1.165) is 19.1 Å². The molecule has 4 heteroatoms. The lowest BCUT2D eigenvalue weighted by Gasteiger charge is -2.24. The molecule has 1 N–H and O–H groups in total. The van der Waals surface area contributed by atoms with E-state index in [1.807, 2.05) is 0 Å². The van der Waals surface area contributed by atoms with E-state index < -0.39 is 0 Å². The maximum absolute atomic E-state index is 3.65. The number of hydrogen-bond donors (Lipinski definition) is 1. The van der Waals surface area contributed by atoms with Crippen LogP contribution >= 0.6 is 24.8 Å². The summed E-state index contributed by atoms with van der Waals surface area (Å²) in [4.78, 5) is 2.60. The molecule has 1 aromatic carbocycles. The fourth-order valence-electron chi connectivity index (χ4n) is 2.91. The van der Waals surface area contributed by atoms with Crippen molar-refractivity contribution in [2.45, 2.75) is 38.6 Å². The summed E-state index contributed by atoms with van der Waals surface area (Å²) in [6.45, 7) is 9.28. The molecule has 2 unspecified atom stereocenters. The molecule has 0 aromatic heterocycles. The summed E-state index contributed by atoms with van der Waals surface area (Å²) < 4.78 is 0. The van der Waals surface area contributed by atoms with E-state index in [4.69, 9.17) is 0 Å². The van der Waals surface area contributed by atoms with Gasteiger partial charge in [0.25, 0.3) is 0 Å². The van der Waals surface area contributed by atoms with E-state index in [9.17, 15) is 0 Å². The molecule has 0 aliphatic carbocycles. The van der Waals surface area contributed by atoms with Gasteiger partial charge in [-0.1, -0.05) is 44.2 Å². The molecule has 0 saturated carbocycles. The Morgan fingerprint density at radius 3 is 2.60 bits per heavy atom. The van der Waals surface area contributed by atoms with Crippen LogP contribution < -0.4 is 5.32 Å². The van der Waals surface area contributed by atoms with Gasteiger partial charge >= 0.3 is 0 Å². The van der Waals surface area contributed by atoms with Crippen LogP contribution in [0.25, 0.3) is 0 Å². The minimum Gasteiger partial charge on any atom is -0.315 e. The van der Waals surface area contributed by atoms with E-state index in [0.29, 0.717) is 5.92 Å². The summed E-state index contributed by atoms with van der Waals surface area (Å²) >= 11 is 0. The molecular weight excluding hydrogens is 291 g/mol. The first-order valence-electron chi connectivity index (χ1n) is 7.31. The zero-order valence-corrected chi connectivity index (χ0v) is 14.2. The minimum atomic E-state index is 0. The van der Waals surface area contributed by atoms with Gasteiger partial charge in [0.1, 0.15) is 0 Å². The average Bonchev–Trinajstić information content (AvgIpc) is 2.87. The third kappa shape index (κ3) is 5.61. The lowest BCUT2D eigenvalue weighted by molar-refractivity contribution is 0.259. The molecule has 1 aliphatic rings. The second-order valence-electron chi connectivity index (χ2n) is 5.39. The van der Waals surface area contributed by atoms with E-state index in [2.05, 4.69) is 54.4 Å². The van der Waals surface area contributed by atoms with Crippen LogP contribution in [-0.2, 0) is 0 Å². The molecule has 0 bridgehead atoms. The van der Waals surface area contributed by atoms with Crippen molar-refractivity contribution < 1.29 is 0 Å². The van der Waals surface area contributed by atoms with Crippen molar-refractivity contribution in [1.29, 1.82) is 0 Å². The Kier molecular flexibility index (Phi) is 10.3. The Hall–Kier alpha value is -0.280. The Morgan fingerprint density at radius 1 is 1.25 bits per heavy atom. The van der Waals surface area contributed by atoms with E-state index in [-0.39, 0.29) is 24.8 Å². The van der Waals surface area contributed by atoms with Crippen LogP contribution in [0.4, 0.5) is 0 Å². The van der Waals surface area contributed by atoms with Crippen LogP contribution in [0.3, 0.4) is 0 Å². The molecule has 1 heterocycles. The third-order valence-electron chi connectivity index (χ3n) is 4.10. The number of rotatable bonds is 6. The van der Waals surface area contributed by atoms with Gasteiger partial charge in [0.05, 0.1) is 0 Å². The average molecular weight is 319 g/mol. The zero-order valence-electron chi connectivity index (χ0n) is 12.5. The minimum absolute atomic E-state index is 0. The van der Waals surface area contributed by atoms with Gasteiger partial charge in [-0.25, -0.2) is 0 Å². The van der Waals surface area contributed by atoms with Crippen LogP contribution in [0.1, 0.15) is 38.2 Å². The van der Waals surface area contributed by atoms with Gasteiger partial charge < -0.3 is 5.32 Å². The van der Waals surface area contributed by atoms with E-state index >= 15 is 0 Å². The Labute approximate surface area is 136 Å². The highest BCUT2D eigenvalue weighted by Crippen LogP contribution is 2.16. The fraction of sp³-hybridized carbons (Fsp3) is 0.625. The number of nitrogens with one attached hydrogen (secondary N) is 1. The topological polar surface area (TPSA) is 15.3 Å². The van der Waals surface area contributed by atoms with Crippen LogP contribution in [0.5, 0.6) is 0 Å². The van der Waals surface area contributed by atoms with Crippen molar-refractivity contribution in [3.05, 3.63) is 35.9 Å². The fourth-order valence-corrected chi connectivity index (χ4v) is 2.91. The molecule has 20 heavy (non-hydrogen) atoms. The van der Waals surface area contributed by atoms with Crippen molar-refractivity contribution in [3.63, 3.8) is 0 Å². The predicted octanol–water partition coefficient (Wildman–Crippen LogP) is 3.71. The van der Waals surface area contributed by atoms with Gasteiger partial charge in [-0.05, 0) is 37.4 Å². The molecule has 0 amide bonds. The standard InChI is InChI=1S/C16H26N2.2ClH/c1-3-18-11-7-10-16(18)13-17-12-14(2)15-8-5-4-6-9-15;;/h4-6,8-9,14,16-17H,3,7,10-13H2,1-2H3;2*1H. The van der Waals surface area contributed by atoms with Crippen molar-refractivity contribution >= 4 is 24.8 Å². The molecule has 0 radical (unpaired) electrons. The lowest BCUT2D eigenvalue weighted by Crippen LogP contribution is -2.38. The number of likely N-dealkylation sites (N-methyl/N-ethyl adjacent to an activating group) is 1. The van der Waals surface area contributed by atoms with E-state index in [1.165, 1.54) is 31.5 Å². The highest BCUT2D eigenvalue weighted by Gasteiger charge is 2.22. The van der Waals surface area contributed by atoms with Gasteiger partial charge in [0, 0.05) is 19.1 Å². The second-order valence-corrected chi connectivity index (χ2v) is 5.39. The SMILES string of the molecule is CCN1CCCC1CNCC(C)c1ccccc1.Cl.Cl. The monoisotopic (exact) mass is 318 g/mol. The van der Waals surface area contributed by atoms with Crippen LogP contribution in [0.15, 0.2) is 30.3 Å². The number of hydrogen-bond acceptors (Lipinski definition) is 2. The van der Waals surface area contributed by atoms with Crippen LogP contribution in [0.2, 0.25) is 0 Å². The Bertz CT molecular complexity index is 346. The predicted molar refractivity (Wildman–Crippen MR) is 92.5 cm³/mol. The molecule has 1 aliphatic heterocycles. The van der Waals surface area contributed by atoms with Crippen molar-refractivity contribution in [2.24, 2.45) is 0 Å². The molecule has 1 fully saturated rings.